The Morgan fingerprint density at radius 3 is 2.50 bits per heavy atom. The number of aryl methyl sites for hydroxylation is 1. The summed E-state index contributed by atoms with van der Waals surface area (Å²) < 4.78 is 31.2. The zero-order chi connectivity index (χ0) is 13.8. The molecule has 0 aliphatic carbocycles. The van der Waals surface area contributed by atoms with Crippen molar-refractivity contribution in [2.45, 2.75) is 38.5 Å². The van der Waals surface area contributed by atoms with Crippen molar-refractivity contribution < 1.29 is 13.0 Å². The Bertz CT molecular complexity index is 547. The van der Waals surface area contributed by atoms with Crippen molar-refractivity contribution in [1.29, 1.82) is 0 Å². The second-order valence-corrected chi connectivity index (χ2v) is 5.36. The molecule has 1 aromatic rings. The fourth-order valence-electron chi connectivity index (χ4n) is 1.68. The molecule has 1 aromatic carbocycles. The van der Waals surface area contributed by atoms with Crippen molar-refractivity contribution in [2.75, 3.05) is 5.32 Å². The van der Waals surface area contributed by atoms with E-state index in [-0.39, 0.29) is 4.90 Å². The maximum atomic E-state index is 11.1. The third kappa shape index (κ3) is 3.58. The van der Waals surface area contributed by atoms with E-state index in [1.54, 1.807) is 6.07 Å². The highest BCUT2D eigenvalue weighted by Crippen LogP contribution is 2.23. The van der Waals surface area contributed by atoms with E-state index >= 15 is 0 Å². The SMILES string of the molecule is C/C=C(\CC)Nc1ccc(S(=O)(=O)O)cc1CC. The van der Waals surface area contributed by atoms with Crippen LogP contribution in [0.2, 0.25) is 0 Å². The Hall–Kier alpha value is -1.33. The summed E-state index contributed by atoms with van der Waals surface area (Å²) in [7, 11) is -4.13. The van der Waals surface area contributed by atoms with Gasteiger partial charge in [-0.05, 0) is 43.5 Å². The van der Waals surface area contributed by atoms with Crippen LogP contribution in [0.4, 0.5) is 5.69 Å². The van der Waals surface area contributed by atoms with Gasteiger partial charge in [-0.25, -0.2) is 0 Å². The zero-order valence-electron chi connectivity index (χ0n) is 10.9. The first-order valence-corrected chi connectivity index (χ1v) is 7.39. The van der Waals surface area contributed by atoms with Crippen molar-refractivity contribution in [3.63, 3.8) is 0 Å². The van der Waals surface area contributed by atoms with Gasteiger partial charge in [0.1, 0.15) is 0 Å². The van der Waals surface area contributed by atoms with E-state index in [9.17, 15) is 8.42 Å². The molecule has 4 nitrogen and oxygen atoms in total. The van der Waals surface area contributed by atoms with Crippen LogP contribution in [0.3, 0.4) is 0 Å². The summed E-state index contributed by atoms with van der Waals surface area (Å²) in [6.45, 7) is 5.93. The van der Waals surface area contributed by atoms with Crippen molar-refractivity contribution in [3.8, 4) is 0 Å². The van der Waals surface area contributed by atoms with Gasteiger partial charge in [0.15, 0.2) is 0 Å². The highest BCUT2D eigenvalue weighted by Gasteiger charge is 2.12. The van der Waals surface area contributed by atoms with E-state index in [4.69, 9.17) is 4.55 Å². The molecule has 0 heterocycles. The van der Waals surface area contributed by atoms with Gasteiger partial charge in [-0.2, -0.15) is 8.42 Å². The summed E-state index contributed by atoms with van der Waals surface area (Å²) in [6.07, 6.45) is 3.54. The summed E-state index contributed by atoms with van der Waals surface area (Å²) in [5.74, 6) is 0. The second kappa shape index (κ2) is 6.02. The molecule has 0 aliphatic rings. The normalized spacial score (nSPS) is 12.6. The van der Waals surface area contributed by atoms with Crippen molar-refractivity contribution >= 4 is 15.8 Å². The Kier molecular flexibility index (Phi) is 4.93. The summed E-state index contributed by atoms with van der Waals surface area (Å²) in [5, 5.41) is 3.26. The largest absolute Gasteiger partial charge is 0.359 e. The highest BCUT2D eigenvalue weighted by atomic mass is 32.2. The molecule has 100 valence electrons. The summed E-state index contributed by atoms with van der Waals surface area (Å²) in [6, 6.07) is 4.58. The third-order valence-electron chi connectivity index (χ3n) is 2.78. The van der Waals surface area contributed by atoms with E-state index in [0.717, 1.165) is 23.4 Å². The molecular formula is C13H19NO3S. The Morgan fingerprint density at radius 2 is 2.06 bits per heavy atom. The van der Waals surface area contributed by atoms with Gasteiger partial charge in [-0.3, -0.25) is 4.55 Å². The fraction of sp³-hybridized carbons (Fsp3) is 0.385. The number of rotatable bonds is 5. The molecule has 18 heavy (non-hydrogen) atoms. The van der Waals surface area contributed by atoms with Crippen LogP contribution < -0.4 is 5.32 Å². The average Bonchev–Trinajstić information content (AvgIpc) is 2.34. The lowest BCUT2D eigenvalue weighted by molar-refractivity contribution is 0.483. The first kappa shape index (κ1) is 14.7. The van der Waals surface area contributed by atoms with Gasteiger partial charge in [-0.1, -0.05) is 19.9 Å². The van der Waals surface area contributed by atoms with Gasteiger partial charge in [0.05, 0.1) is 4.90 Å². The number of hydrogen-bond donors (Lipinski definition) is 2. The molecule has 2 N–H and O–H groups in total. The summed E-state index contributed by atoms with van der Waals surface area (Å²) in [5.41, 5.74) is 2.81. The predicted molar refractivity (Wildman–Crippen MR) is 73.3 cm³/mol. The van der Waals surface area contributed by atoms with Crippen LogP contribution in [-0.4, -0.2) is 13.0 Å². The number of anilines is 1. The van der Waals surface area contributed by atoms with Gasteiger partial charge < -0.3 is 5.32 Å². The molecule has 0 aliphatic heterocycles. The van der Waals surface area contributed by atoms with E-state index < -0.39 is 10.1 Å². The molecular weight excluding hydrogens is 250 g/mol. The van der Waals surface area contributed by atoms with E-state index in [2.05, 4.69) is 5.32 Å². The van der Waals surface area contributed by atoms with Crippen LogP contribution in [-0.2, 0) is 16.5 Å². The molecule has 5 heteroatoms. The average molecular weight is 269 g/mol. The number of hydrogen-bond acceptors (Lipinski definition) is 3. The van der Waals surface area contributed by atoms with Gasteiger partial charge in [0, 0.05) is 11.4 Å². The molecule has 0 amide bonds. The van der Waals surface area contributed by atoms with Gasteiger partial charge in [0.2, 0.25) is 0 Å². The molecule has 0 atom stereocenters. The molecule has 0 radical (unpaired) electrons. The lowest BCUT2D eigenvalue weighted by Crippen LogP contribution is -2.04. The van der Waals surface area contributed by atoms with Gasteiger partial charge in [-0.15, -0.1) is 0 Å². The lowest BCUT2D eigenvalue weighted by atomic mass is 10.1. The third-order valence-corrected chi connectivity index (χ3v) is 3.63. The van der Waals surface area contributed by atoms with Crippen LogP contribution in [0, 0.1) is 0 Å². The van der Waals surface area contributed by atoms with E-state index in [0.29, 0.717) is 6.42 Å². The van der Waals surface area contributed by atoms with Crippen LogP contribution in [0.15, 0.2) is 34.9 Å². The standard InChI is InChI=1S/C13H19NO3S/c1-4-10-9-12(18(15,16)17)7-8-13(10)14-11(5-2)6-3/h5,7-9,14H,4,6H2,1-3H3,(H,15,16,17)/b11-5+. The molecule has 0 spiro atoms. The first-order chi connectivity index (χ1) is 8.42. The van der Waals surface area contributed by atoms with E-state index in [1.807, 2.05) is 26.8 Å². The molecule has 0 aromatic heterocycles. The molecule has 0 bridgehead atoms. The number of allylic oxidation sites excluding steroid dienone is 2. The first-order valence-electron chi connectivity index (χ1n) is 5.95. The van der Waals surface area contributed by atoms with Gasteiger partial charge in [0.25, 0.3) is 10.1 Å². The van der Waals surface area contributed by atoms with Crippen LogP contribution in [0.25, 0.3) is 0 Å². The zero-order valence-corrected chi connectivity index (χ0v) is 11.7. The van der Waals surface area contributed by atoms with Crippen LogP contribution in [0.5, 0.6) is 0 Å². The minimum atomic E-state index is -4.13. The Labute approximate surface area is 108 Å². The van der Waals surface area contributed by atoms with Crippen molar-refractivity contribution in [2.24, 2.45) is 0 Å². The molecule has 0 saturated heterocycles. The molecule has 1 rings (SSSR count). The summed E-state index contributed by atoms with van der Waals surface area (Å²) in [4.78, 5) is -0.0663. The maximum absolute atomic E-state index is 11.1. The quantitative estimate of drug-likeness (QED) is 0.805. The highest BCUT2D eigenvalue weighted by molar-refractivity contribution is 7.85. The predicted octanol–water partition coefficient (Wildman–Crippen LogP) is 3.22. The second-order valence-electron chi connectivity index (χ2n) is 3.94. The molecule has 0 fully saturated rings. The van der Waals surface area contributed by atoms with Gasteiger partial charge >= 0.3 is 0 Å². The molecule has 0 saturated carbocycles. The van der Waals surface area contributed by atoms with Crippen molar-refractivity contribution in [3.05, 3.63) is 35.5 Å². The Balaban J connectivity index is 3.16. The van der Waals surface area contributed by atoms with Crippen LogP contribution >= 0.6 is 0 Å². The monoisotopic (exact) mass is 269 g/mol. The lowest BCUT2D eigenvalue weighted by Gasteiger charge is -2.13. The molecule has 0 unspecified atom stereocenters. The Morgan fingerprint density at radius 1 is 1.39 bits per heavy atom. The topological polar surface area (TPSA) is 66.4 Å². The van der Waals surface area contributed by atoms with E-state index in [1.165, 1.54) is 12.1 Å². The number of benzene rings is 1. The number of nitrogens with one attached hydrogen (secondary N) is 1. The van der Waals surface area contributed by atoms with Crippen molar-refractivity contribution in [1.82, 2.24) is 0 Å². The fourth-order valence-corrected chi connectivity index (χ4v) is 2.21. The minimum absolute atomic E-state index is 0.0663. The van der Waals surface area contributed by atoms with Crippen LogP contribution in [0.1, 0.15) is 32.8 Å². The smallest absolute Gasteiger partial charge is 0.294 e. The minimum Gasteiger partial charge on any atom is -0.359 e. The summed E-state index contributed by atoms with van der Waals surface area (Å²) >= 11 is 0. The maximum Gasteiger partial charge on any atom is 0.294 e.